The van der Waals surface area contributed by atoms with Crippen LogP contribution in [-0.4, -0.2) is 58.1 Å². The number of anilines is 1. The van der Waals surface area contributed by atoms with E-state index in [9.17, 15) is 4.79 Å². The first-order valence-corrected chi connectivity index (χ1v) is 14.7. The number of morpholine rings is 1. The van der Waals surface area contributed by atoms with Crippen LogP contribution < -0.4 is 4.90 Å². The summed E-state index contributed by atoms with van der Waals surface area (Å²) in [7, 11) is 0. The molecule has 6 aliphatic rings. The van der Waals surface area contributed by atoms with Gasteiger partial charge in [-0.3, -0.25) is 4.79 Å². The summed E-state index contributed by atoms with van der Waals surface area (Å²) >= 11 is 0. The van der Waals surface area contributed by atoms with Crippen molar-refractivity contribution in [2.24, 2.45) is 23.2 Å². The van der Waals surface area contributed by atoms with Crippen LogP contribution in [0.5, 0.6) is 0 Å². The Morgan fingerprint density at radius 1 is 1.05 bits per heavy atom. The lowest BCUT2D eigenvalue weighted by atomic mass is 9.49. The fourth-order valence-electron chi connectivity index (χ4n) is 8.94. The third-order valence-electron chi connectivity index (χ3n) is 10.3. The van der Waals surface area contributed by atoms with E-state index in [1.807, 2.05) is 0 Å². The highest BCUT2D eigenvalue weighted by molar-refractivity contribution is 5.95. The third-order valence-corrected chi connectivity index (χ3v) is 10.3. The Kier molecular flexibility index (Phi) is 5.17. The zero-order chi connectivity index (χ0) is 25.4. The van der Waals surface area contributed by atoms with Crippen molar-refractivity contribution in [3.05, 3.63) is 41.7 Å². The van der Waals surface area contributed by atoms with Crippen molar-refractivity contribution in [3.8, 4) is 11.3 Å². The summed E-state index contributed by atoms with van der Waals surface area (Å²) in [6, 6.07) is 8.64. The Morgan fingerprint density at radius 3 is 2.58 bits per heavy atom. The molecule has 5 fully saturated rings. The van der Waals surface area contributed by atoms with Crippen molar-refractivity contribution in [1.29, 1.82) is 0 Å². The van der Waals surface area contributed by atoms with E-state index in [0.717, 1.165) is 84.9 Å². The van der Waals surface area contributed by atoms with Gasteiger partial charge >= 0.3 is 0 Å². The molecule has 1 amide bonds. The van der Waals surface area contributed by atoms with Crippen molar-refractivity contribution in [3.63, 3.8) is 0 Å². The van der Waals surface area contributed by atoms with E-state index in [1.165, 1.54) is 30.2 Å². The fourth-order valence-corrected chi connectivity index (χ4v) is 8.94. The number of ether oxygens (including phenoxy) is 1. The number of benzene rings is 1. The molecule has 38 heavy (non-hydrogen) atoms. The van der Waals surface area contributed by atoms with Crippen molar-refractivity contribution >= 4 is 22.8 Å². The molecule has 1 atom stereocenters. The molecule has 1 aromatic carbocycles. The van der Waals surface area contributed by atoms with Gasteiger partial charge in [-0.2, -0.15) is 0 Å². The molecule has 0 spiro atoms. The van der Waals surface area contributed by atoms with E-state index < -0.39 is 0 Å². The summed E-state index contributed by atoms with van der Waals surface area (Å²) in [5.41, 5.74) is 5.38. The number of para-hydroxylation sites is 1. The standard InChI is InChI=1S/C31H37N5O2/c1-19-18-38-9-8-36(19)30-33-27-17-35(29(37)31-13-20-10-21(14-31)12-22(11-20)15-31)7-6-24(27)28(34-30)25-16-32-26-5-3-2-4-23(25)26/h2-5,16,19-22,32H,6-15,17-18H2,1H3/t19-,20?,21?,22?,31?/m1/s1. The van der Waals surface area contributed by atoms with Crippen LogP contribution >= 0.6 is 0 Å². The van der Waals surface area contributed by atoms with Gasteiger partial charge in [0.25, 0.3) is 0 Å². The Morgan fingerprint density at radius 2 is 1.82 bits per heavy atom. The maximum Gasteiger partial charge on any atom is 0.229 e. The number of hydrogen-bond acceptors (Lipinski definition) is 5. The monoisotopic (exact) mass is 511 g/mol. The molecule has 0 unspecified atom stereocenters. The minimum Gasteiger partial charge on any atom is -0.377 e. The average Bonchev–Trinajstić information content (AvgIpc) is 3.35. The lowest BCUT2D eigenvalue weighted by Crippen LogP contribution is -2.55. The smallest absolute Gasteiger partial charge is 0.229 e. The highest BCUT2D eigenvalue weighted by atomic mass is 16.5. The molecular formula is C31H37N5O2. The first-order valence-electron chi connectivity index (χ1n) is 14.7. The molecule has 4 aliphatic carbocycles. The Hall–Kier alpha value is -2.93. The van der Waals surface area contributed by atoms with Gasteiger partial charge in [0.05, 0.1) is 42.6 Å². The van der Waals surface area contributed by atoms with Gasteiger partial charge in [-0.25, -0.2) is 9.97 Å². The molecule has 7 heteroatoms. The predicted molar refractivity (Wildman–Crippen MR) is 147 cm³/mol. The van der Waals surface area contributed by atoms with E-state index in [4.69, 9.17) is 14.7 Å². The number of carbonyl (C=O) groups excluding carboxylic acids is 1. The largest absolute Gasteiger partial charge is 0.377 e. The number of aromatic amines is 1. The van der Waals surface area contributed by atoms with Crippen LogP contribution in [0.4, 0.5) is 5.95 Å². The van der Waals surface area contributed by atoms with Crippen molar-refractivity contribution in [1.82, 2.24) is 19.9 Å². The van der Waals surface area contributed by atoms with Gasteiger partial charge in [0, 0.05) is 41.3 Å². The minimum atomic E-state index is -0.111. The molecule has 7 nitrogen and oxygen atoms in total. The maximum atomic E-state index is 14.2. The minimum absolute atomic E-state index is 0.111. The topological polar surface area (TPSA) is 74.3 Å². The molecule has 2 aliphatic heterocycles. The van der Waals surface area contributed by atoms with Crippen LogP contribution in [0.2, 0.25) is 0 Å². The van der Waals surface area contributed by atoms with Gasteiger partial charge in [-0.1, -0.05) is 18.2 Å². The molecule has 4 heterocycles. The van der Waals surface area contributed by atoms with E-state index in [2.05, 4.69) is 52.2 Å². The first kappa shape index (κ1) is 23.0. The Bertz CT molecular complexity index is 1380. The van der Waals surface area contributed by atoms with Crippen LogP contribution in [-0.2, 0) is 22.5 Å². The quantitative estimate of drug-likeness (QED) is 0.539. The zero-order valence-electron chi connectivity index (χ0n) is 22.3. The molecule has 4 bridgehead atoms. The highest BCUT2D eigenvalue weighted by Gasteiger charge is 2.55. The number of nitrogens with one attached hydrogen (secondary N) is 1. The predicted octanol–water partition coefficient (Wildman–Crippen LogP) is 4.95. The number of aromatic nitrogens is 3. The van der Waals surface area contributed by atoms with Crippen LogP contribution in [0.25, 0.3) is 22.2 Å². The first-order chi connectivity index (χ1) is 18.6. The zero-order valence-corrected chi connectivity index (χ0v) is 22.3. The van der Waals surface area contributed by atoms with Gasteiger partial charge < -0.3 is 19.5 Å². The summed E-state index contributed by atoms with van der Waals surface area (Å²) in [5.74, 6) is 3.49. The van der Waals surface area contributed by atoms with E-state index >= 15 is 0 Å². The molecular weight excluding hydrogens is 474 g/mol. The average molecular weight is 512 g/mol. The normalized spacial score (nSPS) is 32.1. The van der Waals surface area contributed by atoms with E-state index in [0.29, 0.717) is 25.7 Å². The Balaban J connectivity index is 1.19. The molecule has 198 valence electrons. The van der Waals surface area contributed by atoms with Gasteiger partial charge in [-0.15, -0.1) is 0 Å². The number of nitrogens with zero attached hydrogens (tertiary/aromatic N) is 4. The molecule has 2 aromatic heterocycles. The number of carbonyl (C=O) groups is 1. The second-order valence-electron chi connectivity index (χ2n) is 12.8. The maximum absolute atomic E-state index is 14.2. The summed E-state index contributed by atoms with van der Waals surface area (Å²) in [6.45, 7) is 5.68. The van der Waals surface area contributed by atoms with Crippen LogP contribution in [0.3, 0.4) is 0 Å². The fraction of sp³-hybridized carbons (Fsp3) is 0.581. The molecule has 0 radical (unpaired) electrons. The molecule has 1 saturated heterocycles. The summed E-state index contributed by atoms with van der Waals surface area (Å²) in [5, 5.41) is 1.18. The number of hydrogen-bond donors (Lipinski definition) is 1. The molecule has 4 saturated carbocycles. The van der Waals surface area contributed by atoms with E-state index in [-0.39, 0.29) is 11.5 Å². The van der Waals surface area contributed by atoms with Crippen LogP contribution in [0.1, 0.15) is 56.7 Å². The summed E-state index contributed by atoms with van der Waals surface area (Å²) in [6.07, 6.45) is 10.3. The number of amides is 1. The SMILES string of the molecule is C[C@@H]1COCCN1c1nc2c(c(-c3c[nH]c4ccccc34)n1)CCN(C(=O)C13CC4CC(CC(C4)C1)C3)C2. The summed E-state index contributed by atoms with van der Waals surface area (Å²) in [4.78, 5) is 32.5. The molecule has 1 N–H and O–H groups in total. The summed E-state index contributed by atoms with van der Waals surface area (Å²) < 4.78 is 5.72. The number of rotatable bonds is 3. The number of fused-ring (bicyclic) bond motifs is 2. The van der Waals surface area contributed by atoms with Gasteiger partial charge in [0.1, 0.15) is 0 Å². The van der Waals surface area contributed by atoms with Gasteiger partial charge in [0.2, 0.25) is 11.9 Å². The lowest BCUT2D eigenvalue weighted by molar-refractivity contribution is -0.158. The number of H-pyrrole nitrogens is 1. The highest BCUT2D eigenvalue weighted by Crippen LogP contribution is 2.60. The molecule has 3 aromatic rings. The van der Waals surface area contributed by atoms with Crippen molar-refractivity contribution in [2.45, 2.75) is 64.5 Å². The van der Waals surface area contributed by atoms with Crippen molar-refractivity contribution < 1.29 is 9.53 Å². The Labute approximate surface area is 224 Å². The van der Waals surface area contributed by atoms with Crippen LogP contribution in [0.15, 0.2) is 30.5 Å². The second-order valence-corrected chi connectivity index (χ2v) is 12.8. The third kappa shape index (κ3) is 3.54. The van der Waals surface area contributed by atoms with Gasteiger partial charge in [-0.05, 0) is 75.7 Å². The second kappa shape index (κ2) is 8.54. The van der Waals surface area contributed by atoms with Crippen molar-refractivity contribution in [2.75, 3.05) is 31.2 Å². The lowest BCUT2D eigenvalue weighted by Gasteiger charge is -2.56. The van der Waals surface area contributed by atoms with Gasteiger partial charge in [0.15, 0.2) is 0 Å². The van der Waals surface area contributed by atoms with E-state index in [1.54, 1.807) is 0 Å². The molecule has 9 rings (SSSR count). The van der Waals surface area contributed by atoms with Crippen LogP contribution in [0, 0.1) is 23.2 Å².